The van der Waals surface area contributed by atoms with E-state index in [4.69, 9.17) is 4.74 Å². The number of benzene rings is 1. The number of unbranched alkanes of at least 4 members (excludes halogenated alkanes) is 1. The molecule has 3 rings (SSSR count). The smallest absolute Gasteiger partial charge is 0.272 e. The predicted octanol–water partition coefficient (Wildman–Crippen LogP) is 8.15. The largest absolute Gasteiger partial charge is 0.488 e. The molecule has 1 aromatic rings. The summed E-state index contributed by atoms with van der Waals surface area (Å²) < 4.78 is 29.4. The molecule has 0 aliphatic heterocycles. The Balaban J connectivity index is 1.37. The number of allylic oxidation sites excluding steroid dienone is 1. The van der Waals surface area contributed by atoms with Crippen LogP contribution in [0.4, 0.5) is 8.78 Å². The highest BCUT2D eigenvalue weighted by Gasteiger charge is 2.30. The van der Waals surface area contributed by atoms with E-state index < -0.39 is 13.0 Å². The fourth-order valence-corrected chi connectivity index (χ4v) is 5.33. The van der Waals surface area contributed by atoms with Gasteiger partial charge >= 0.3 is 0 Å². The summed E-state index contributed by atoms with van der Waals surface area (Å²) in [5, 5.41) is 0. The summed E-state index contributed by atoms with van der Waals surface area (Å²) in [6.45, 7) is 1.76. The topological polar surface area (TPSA) is 9.23 Å². The maximum Gasteiger partial charge on any atom is 0.272 e. The molecule has 0 unspecified atom stereocenters. The lowest BCUT2D eigenvalue weighted by Crippen LogP contribution is -2.25. The van der Waals surface area contributed by atoms with Crippen LogP contribution in [0.25, 0.3) is 6.08 Å². The first-order valence-electron chi connectivity index (χ1n) is 11.8. The molecular formula is C26H38F2O. The summed E-state index contributed by atoms with van der Waals surface area (Å²) in [4.78, 5) is 0. The van der Waals surface area contributed by atoms with Gasteiger partial charge in [0.2, 0.25) is 0 Å². The van der Waals surface area contributed by atoms with Crippen molar-refractivity contribution in [1.82, 2.24) is 0 Å². The van der Waals surface area contributed by atoms with Gasteiger partial charge in [-0.05, 0) is 79.9 Å². The van der Waals surface area contributed by atoms with E-state index in [1.165, 1.54) is 70.6 Å². The van der Waals surface area contributed by atoms with Crippen LogP contribution in [0.15, 0.2) is 30.3 Å². The molecule has 2 fully saturated rings. The van der Waals surface area contributed by atoms with E-state index in [1.807, 2.05) is 12.1 Å². The van der Waals surface area contributed by atoms with Crippen molar-refractivity contribution in [3.05, 3.63) is 35.9 Å². The SMILES string of the molecule is CCCCC1CCC(C2CCC(C=Cc3ccc(OCC(F)F)cc3)CC2)CC1. The van der Waals surface area contributed by atoms with Gasteiger partial charge in [0.15, 0.2) is 0 Å². The molecule has 1 nitrogen and oxygen atoms in total. The highest BCUT2D eigenvalue weighted by atomic mass is 19.3. The fraction of sp³-hybridized carbons (Fsp3) is 0.692. The molecule has 0 N–H and O–H groups in total. The van der Waals surface area contributed by atoms with Crippen LogP contribution in [0, 0.1) is 23.7 Å². The van der Waals surface area contributed by atoms with Crippen LogP contribution in [0.2, 0.25) is 0 Å². The van der Waals surface area contributed by atoms with Crippen molar-refractivity contribution in [2.24, 2.45) is 23.7 Å². The first-order valence-corrected chi connectivity index (χ1v) is 11.8. The molecule has 0 atom stereocenters. The van der Waals surface area contributed by atoms with Gasteiger partial charge in [-0.25, -0.2) is 8.78 Å². The number of halogens is 2. The summed E-state index contributed by atoms with van der Waals surface area (Å²) in [7, 11) is 0. The molecule has 0 amide bonds. The molecule has 2 aliphatic rings. The number of hydrogen-bond acceptors (Lipinski definition) is 1. The third-order valence-electron chi connectivity index (χ3n) is 7.16. The lowest BCUT2D eigenvalue weighted by Gasteiger charge is -2.37. The summed E-state index contributed by atoms with van der Waals surface area (Å²) in [5.74, 6) is 4.14. The Bertz CT molecular complexity index is 594. The second-order valence-corrected chi connectivity index (χ2v) is 9.23. The van der Waals surface area contributed by atoms with Crippen molar-refractivity contribution >= 4 is 6.08 Å². The fourth-order valence-electron chi connectivity index (χ4n) is 5.33. The maximum atomic E-state index is 12.2. The Labute approximate surface area is 175 Å². The lowest BCUT2D eigenvalue weighted by molar-refractivity contribution is 0.0819. The van der Waals surface area contributed by atoms with E-state index in [0.717, 1.165) is 23.3 Å². The molecule has 29 heavy (non-hydrogen) atoms. The summed E-state index contributed by atoms with van der Waals surface area (Å²) >= 11 is 0. The standard InChI is InChI=1S/C26H38F2O/c1-2-3-4-20-7-13-23(14-8-20)24-15-9-21(10-16-24)5-6-22-11-17-25(18-12-22)29-19-26(27)28/h5-6,11-12,17-18,20-21,23-24,26H,2-4,7-10,13-16,19H2,1H3. The molecule has 0 spiro atoms. The van der Waals surface area contributed by atoms with Crippen LogP contribution in [-0.2, 0) is 0 Å². The van der Waals surface area contributed by atoms with Crippen molar-refractivity contribution in [2.75, 3.05) is 6.61 Å². The molecular weight excluding hydrogens is 366 g/mol. The Hall–Kier alpha value is -1.38. The van der Waals surface area contributed by atoms with Crippen LogP contribution in [0.3, 0.4) is 0 Å². The van der Waals surface area contributed by atoms with Crippen LogP contribution >= 0.6 is 0 Å². The van der Waals surface area contributed by atoms with Gasteiger partial charge in [-0.3, -0.25) is 0 Å². The summed E-state index contributed by atoms with van der Waals surface area (Å²) in [6, 6.07) is 7.44. The molecule has 2 aliphatic carbocycles. The summed E-state index contributed by atoms with van der Waals surface area (Å²) in [6.07, 6.45) is 17.6. The zero-order valence-electron chi connectivity index (χ0n) is 18.0. The van der Waals surface area contributed by atoms with Gasteiger partial charge in [-0.15, -0.1) is 0 Å². The van der Waals surface area contributed by atoms with E-state index >= 15 is 0 Å². The van der Waals surface area contributed by atoms with Crippen LogP contribution in [0.1, 0.15) is 83.1 Å². The van der Waals surface area contributed by atoms with E-state index in [-0.39, 0.29) is 0 Å². The highest BCUT2D eigenvalue weighted by molar-refractivity contribution is 5.50. The molecule has 3 heteroatoms. The zero-order valence-corrected chi connectivity index (χ0v) is 18.0. The first-order chi connectivity index (χ1) is 14.1. The minimum absolute atomic E-state index is 0.507. The van der Waals surface area contributed by atoms with Gasteiger partial charge in [0.05, 0.1) is 0 Å². The molecule has 0 heterocycles. The minimum Gasteiger partial charge on any atom is -0.488 e. The predicted molar refractivity (Wildman–Crippen MR) is 117 cm³/mol. The molecule has 0 radical (unpaired) electrons. The van der Waals surface area contributed by atoms with Gasteiger partial charge < -0.3 is 4.74 Å². The van der Waals surface area contributed by atoms with E-state index in [9.17, 15) is 8.78 Å². The van der Waals surface area contributed by atoms with Gasteiger partial charge in [0.25, 0.3) is 6.43 Å². The first kappa shape index (κ1) is 22.3. The minimum atomic E-state index is -2.43. The van der Waals surface area contributed by atoms with Gasteiger partial charge in [0, 0.05) is 0 Å². The normalized spacial score (nSPS) is 28.1. The average molecular weight is 405 g/mol. The summed E-state index contributed by atoms with van der Waals surface area (Å²) in [5.41, 5.74) is 1.11. The van der Waals surface area contributed by atoms with Gasteiger partial charge in [-0.2, -0.15) is 0 Å². The average Bonchev–Trinajstić information content (AvgIpc) is 2.76. The van der Waals surface area contributed by atoms with Crippen molar-refractivity contribution < 1.29 is 13.5 Å². The number of ether oxygens (including phenoxy) is 1. The molecule has 1 aromatic carbocycles. The zero-order chi connectivity index (χ0) is 20.5. The van der Waals surface area contributed by atoms with Crippen LogP contribution < -0.4 is 4.74 Å². The maximum absolute atomic E-state index is 12.2. The number of rotatable bonds is 9. The number of alkyl halides is 2. The highest BCUT2D eigenvalue weighted by Crippen LogP contribution is 2.42. The van der Waals surface area contributed by atoms with Crippen molar-refractivity contribution in [3.8, 4) is 5.75 Å². The number of hydrogen-bond donors (Lipinski definition) is 0. The Morgan fingerprint density at radius 2 is 1.55 bits per heavy atom. The molecule has 2 saturated carbocycles. The van der Waals surface area contributed by atoms with E-state index in [1.54, 1.807) is 12.1 Å². The van der Waals surface area contributed by atoms with Crippen molar-refractivity contribution in [2.45, 2.75) is 84.0 Å². The third-order valence-corrected chi connectivity index (χ3v) is 7.16. The third kappa shape index (κ3) is 7.42. The molecule has 0 saturated heterocycles. The van der Waals surface area contributed by atoms with E-state index in [0.29, 0.717) is 11.7 Å². The van der Waals surface area contributed by atoms with Gasteiger partial charge in [0.1, 0.15) is 12.4 Å². The molecule has 162 valence electrons. The quantitative estimate of drug-likeness (QED) is 0.403. The second-order valence-electron chi connectivity index (χ2n) is 9.23. The monoisotopic (exact) mass is 404 g/mol. The lowest BCUT2D eigenvalue weighted by atomic mass is 9.68. The molecule has 0 bridgehead atoms. The Kier molecular flexibility index (Phi) is 9.01. The second kappa shape index (κ2) is 11.7. The molecule has 0 aromatic heterocycles. The Morgan fingerprint density at radius 3 is 2.14 bits per heavy atom. The van der Waals surface area contributed by atoms with Crippen molar-refractivity contribution in [1.29, 1.82) is 0 Å². The Morgan fingerprint density at radius 1 is 0.931 bits per heavy atom. The van der Waals surface area contributed by atoms with Gasteiger partial charge in [-0.1, -0.05) is 63.3 Å². The van der Waals surface area contributed by atoms with Crippen LogP contribution in [0.5, 0.6) is 5.75 Å². The van der Waals surface area contributed by atoms with Crippen molar-refractivity contribution in [3.63, 3.8) is 0 Å². The van der Waals surface area contributed by atoms with Crippen LogP contribution in [-0.4, -0.2) is 13.0 Å². The van der Waals surface area contributed by atoms with E-state index in [2.05, 4.69) is 19.1 Å².